The third-order valence-electron chi connectivity index (χ3n) is 9.21. The summed E-state index contributed by atoms with van der Waals surface area (Å²) in [6.45, 7) is 0. The molecule has 5 nitrogen and oxygen atoms in total. The van der Waals surface area contributed by atoms with E-state index in [-0.39, 0.29) is 0 Å². The van der Waals surface area contributed by atoms with Crippen molar-refractivity contribution in [2.45, 2.75) is 0 Å². The SMILES string of the molecule is c1ccc(-c2nc3ccccc3n2-c2ccc(-n3c4ccccc4c4cc(-c5cccc6c5oc5ccccc56)ccc43)cc2)nc1. The molecule has 4 heterocycles. The van der Waals surface area contributed by atoms with Crippen LogP contribution < -0.4 is 0 Å². The zero-order valence-electron chi connectivity index (χ0n) is 25.2. The Balaban J connectivity index is 1.13. The molecule has 0 N–H and O–H groups in total. The van der Waals surface area contributed by atoms with Crippen molar-refractivity contribution < 1.29 is 4.42 Å². The fraction of sp³-hybridized carbons (Fsp3) is 0. The minimum Gasteiger partial charge on any atom is -0.455 e. The fourth-order valence-corrected chi connectivity index (χ4v) is 7.10. The number of imidazole rings is 1. The number of para-hydroxylation sites is 5. The molecule has 0 radical (unpaired) electrons. The first kappa shape index (κ1) is 25.8. The van der Waals surface area contributed by atoms with Gasteiger partial charge in [0.15, 0.2) is 5.82 Å². The zero-order chi connectivity index (χ0) is 30.9. The van der Waals surface area contributed by atoms with E-state index in [4.69, 9.17) is 9.40 Å². The first-order valence-corrected chi connectivity index (χ1v) is 15.8. The number of aromatic nitrogens is 4. The van der Waals surface area contributed by atoms with Crippen molar-refractivity contribution in [1.82, 2.24) is 19.1 Å². The molecule has 0 aliphatic heterocycles. The fourth-order valence-electron chi connectivity index (χ4n) is 7.10. The lowest BCUT2D eigenvalue weighted by Crippen LogP contribution is -2.00. The molecule has 0 spiro atoms. The highest BCUT2D eigenvalue weighted by molar-refractivity contribution is 6.13. The minimum atomic E-state index is 0.823. The second-order valence-corrected chi connectivity index (χ2v) is 11.9. The zero-order valence-corrected chi connectivity index (χ0v) is 25.2. The van der Waals surface area contributed by atoms with Crippen molar-refractivity contribution in [1.29, 1.82) is 0 Å². The highest BCUT2D eigenvalue weighted by Crippen LogP contribution is 2.39. The summed E-state index contributed by atoms with van der Waals surface area (Å²) >= 11 is 0. The summed E-state index contributed by atoms with van der Waals surface area (Å²) in [7, 11) is 0. The molecule has 0 aliphatic carbocycles. The number of furan rings is 1. The smallest absolute Gasteiger partial charge is 0.164 e. The van der Waals surface area contributed by atoms with Crippen LogP contribution in [0.5, 0.6) is 0 Å². The lowest BCUT2D eigenvalue weighted by atomic mass is 10.0. The molecule has 0 fully saturated rings. The van der Waals surface area contributed by atoms with Gasteiger partial charge in [0.05, 0.1) is 22.1 Å². The maximum absolute atomic E-state index is 6.40. The van der Waals surface area contributed by atoms with Crippen LogP contribution in [0.2, 0.25) is 0 Å². The molecule has 47 heavy (non-hydrogen) atoms. The van der Waals surface area contributed by atoms with E-state index in [1.54, 1.807) is 0 Å². The second-order valence-electron chi connectivity index (χ2n) is 11.9. The first-order valence-electron chi connectivity index (χ1n) is 15.8. The van der Waals surface area contributed by atoms with Gasteiger partial charge in [0.25, 0.3) is 0 Å². The lowest BCUT2D eigenvalue weighted by molar-refractivity contribution is 0.670. The van der Waals surface area contributed by atoms with Crippen molar-refractivity contribution in [3.8, 4) is 34.0 Å². The standard InChI is InChI=1S/C42H26N4O/c1-4-16-37-31(10-1)34-26-27(30-12-9-13-33-32-11-2-6-18-40(32)47-41(30)33)19-24-38(34)45(37)28-20-22-29(23-21-28)46-39-17-5-3-14-35(39)44-42(46)36-15-7-8-25-43-36/h1-26H. The number of pyridine rings is 1. The van der Waals surface area contributed by atoms with Gasteiger partial charge in [-0.2, -0.15) is 0 Å². The lowest BCUT2D eigenvalue weighted by Gasteiger charge is -2.12. The van der Waals surface area contributed by atoms with Crippen LogP contribution >= 0.6 is 0 Å². The van der Waals surface area contributed by atoms with Gasteiger partial charge in [0, 0.05) is 44.7 Å². The quantitative estimate of drug-likeness (QED) is 0.201. The van der Waals surface area contributed by atoms with Gasteiger partial charge in [-0.05, 0) is 78.4 Å². The van der Waals surface area contributed by atoms with Crippen molar-refractivity contribution in [3.05, 3.63) is 158 Å². The maximum atomic E-state index is 6.40. The number of hydrogen-bond acceptors (Lipinski definition) is 3. The van der Waals surface area contributed by atoms with E-state index in [2.05, 4.69) is 123 Å². The van der Waals surface area contributed by atoms with Crippen LogP contribution in [0.15, 0.2) is 162 Å². The second kappa shape index (κ2) is 10.0. The number of rotatable bonds is 4. The largest absolute Gasteiger partial charge is 0.455 e. The Hall–Kier alpha value is -6.46. The molecule has 0 unspecified atom stereocenters. The van der Waals surface area contributed by atoms with Crippen molar-refractivity contribution in [2.24, 2.45) is 0 Å². The molecule has 0 amide bonds. The van der Waals surface area contributed by atoms with E-state index in [0.717, 1.165) is 78.0 Å². The highest BCUT2D eigenvalue weighted by atomic mass is 16.3. The Labute approximate surface area is 269 Å². The molecule has 0 saturated carbocycles. The number of benzene rings is 6. The molecular formula is C42H26N4O. The van der Waals surface area contributed by atoms with Gasteiger partial charge < -0.3 is 8.98 Å². The van der Waals surface area contributed by atoms with Gasteiger partial charge in [0.2, 0.25) is 0 Å². The molecule has 220 valence electrons. The van der Waals surface area contributed by atoms with Gasteiger partial charge >= 0.3 is 0 Å². The van der Waals surface area contributed by atoms with E-state index in [1.807, 2.05) is 48.7 Å². The van der Waals surface area contributed by atoms with Crippen molar-refractivity contribution >= 4 is 54.8 Å². The Morgan fingerprint density at radius 1 is 0.489 bits per heavy atom. The Morgan fingerprint density at radius 2 is 1.19 bits per heavy atom. The molecule has 5 heteroatoms. The normalized spacial score (nSPS) is 11.8. The Bertz CT molecular complexity index is 2790. The van der Waals surface area contributed by atoms with E-state index in [1.165, 1.54) is 10.8 Å². The van der Waals surface area contributed by atoms with Crippen LogP contribution in [-0.2, 0) is 0 Å². The van der Waals surface area contributed by atoms with E-state index in [9.17, 15) is 0 Å². The molecule has 0 aliphatic rings. The summed E-state index contributed by atoms with van der Waals surface area (Å²) < 4.78 is 10.9. The first-order chi connectivity index (χ1) is 23.3. The van der Waals surface area contributed by atoms with Crippen LogP contribution in [0.4, 0.5) is 0 Å². The van der Waals surface area contributed by atoms with Crippen LogP contribution in [0.25, 0.3) is 88.8 Å². The average molecular weight is 603 g/mol. The highest BCUT2D eigenvalue weighted by Gasteiger charge is 2.18. The minimum absolute atomic E-state index is 0.823. The third-order valence-corrected chi connectivity index (χ3v) is 9.21. The number of nitrogens with zero attached hydrogens (tertiary/aromatic N) is 4. The third kappa shape index (κ3) is 3.90. The van der Waals surface area contributed by atoms with Crippen LogP contribution in [0.3, 0.4) is 0 Å². The average Bonchev–Trinajstić information content (AvgIpc) is 3.82. The van der Waals surface area contributed by atoms with Crippen molar-refractivity contribution in [2.75, 3.05) is 0 Å². The van der Waals surface area contributed by atoms with E-state index in [0.29, 0.717) is 0 Å². The predicted octanol–water partition coefficient (Wildman–Crippen LogP) is 10.8. The maximum Gasteiger partial charge on any atom is 0.164 e. The molecule has 0 saturated heterocycles. The van der Waals surface area contributed by atoms with Gasteiger partial charge in [-0.15, -0.1) is 0 Å². The summed E-state index contributed by atoms with van der Waals surface area (Å²) in [5.74, 6) is 0.823. The molecule has 0 bridgehead atoms. The summed E-state index contributed by atoms with van der Waals surface area (Å²) in [5, 5.41) is 4.69. The molecule has 4 aromatic heterocycles. The predicted molar refractivity (Wildman–Crippen MR) is 191 cm³/mol. The molecule has 0 atom stereocenters. The van der Waals surface area contributed by atoms with E-state index >= 15 is 0 Å². The Morgan fingerprint density at radius 3 is 2.04 bits per heavy atom. The van der Waals surface area contributed by atoms with Crippen molar-refractivity contribution in [3.63, 3.8) is 0 Å². The monoisotopic (exact) mass is 602 g/mol. The van der Waals surface area contributed by atoms with Crippen LogP contribution in [-0.4, -0.2) is 19.1 Å². The molecular weight excluding hydrogens is 576 g/mol. The number of hydrogen-bond donors (Lipinski definition) is 0. The molecule has 6 aromatic carbocycles. The summed E-state index contributed by atoms with van der Waals surface area (Å²) in [4.78, 5) is 9.59. The summed E-state index contributed by atoms with van der Waals surface area (Å²) in [6, 6.07) is 53.0. The van der Waals surface area contributed by atoms with Gasteiger partial charge in [-0.1, -0.05) is 78.9 Å². The van der Waals surface area contributed by atoms with Gasteiger partial charge in [-0.25, -0.2) is 4.98 Å². The van der Waals surface area contributed by atoms with Gasteiger partial charge in [-0.3, -0.25) is 9.55 Å². The number of fused-ring (bicyclic) bond motifs is 7. The molecule has 10 rings (SSSR count). The Kier molecular flexibility index (Phi) is 5.51. The van der Waals surface area contributed by atoms with Gasteiger partial charge in [0.1, 0.15) is 16.9 Å². The summed E-state index contributed by atoms with van der Waals surface area (Å²) in [6.07, 6.45) is 1.81. The topological polar surface area (TPSA) is 48.8 Å². The molecule has 10 aromatic rings. The van der Waals surface area contributed by atoms with Crippen LogP contribution in [0, 0.1) is 0 Å². The van der Waals surface area contributed by atoms with Crippen LogP contribution in [0.1, 0.15) is 0 Å². The summed E-state index contributed by atoms with van der Waals surface area (Å²) in [5.41, 5.74) is 11.3. The van der Waals surface area contributed by atoms with E-state index < -0.39 is 0 Å².